The van der Waals surface area contributed by atoms with Gasteiger partial charge in [0.1, 0.15) is 22.7 Å². The lowest BCUT2D eigenvalue weighted by Crippen LogP contribution is -2.23. The van der Waals surface area contributed by atoms with Gasteiger partial charge in [-0.05, 0) is 230 Å². The van der Waals surface area contributed by atoms with Crippen molar-refractivity contribution in [2.24, 2.45) is 11.7 Å². The number of nitrogens with two attached hydrogens (primary N) is 2. The fourth-order valence-corrected chi connectivity index (χ4v) is 17.2. The molecule has 0 saturated carbocycles. The van der Waals surface area contributed by atoms with Crippen molar-refractivity contribution in [1.29, 1.82) is 5.41 Å². The number of hydrogen-bond acceptors (Lipinski definition) is 21. The van der Waals surface area contributed by atoms with Gasteiger partial charge in [-0.25, -0.2) is 44.5 Å². The molecule has 0 aliphatic heterocycles. The molecule has 1 atom stereocenters. The number of esters is 1. The standard InChI is InChI=1S/C19H16BrClN2O2S.C19H18BrClN2OS.C11H10Cl2N2S.C11H11ClN2OS.C8H14O3.C7H6BrNO2.C5H5ClN2S.ClH/c1-3-12-10(2)22-18(16-6-7-17(21)26-16)23-15(12)9-11-4-5-14(20)13(8-11)19(24)25;1-3-14-11(2)22-19(17-6-7-18(21)25-17)23-16(14)9-12-4-5-15(20)13(8-12)10-24;1-3-7-6(2)14-11(15-10(7)13)8-4-5-9(12)16-8;1-3-7-6(2)13-10(14-11(7)15)8-4-5-9(12)16-8;1-4-7(6(3)9)8(10)11-5-2;8-6-2-1-4(9)3-5(6)7(10)11;6-4-2-1-3(9-4)5(7)8;/h4-8H,3,9H2,1-2H3,(H,24,25);4-8,24H,3,9-10H2,1-2H3;4-5H,3H2,1-2H3;4-5H,3H2,1-2H3,(H,13,14,15);7H,4-5H2,1-3H3;1-3H,9H2,(H,10,11);1-2H,(H3,7,8);1H. The van der Waals surface area contributed by atoms with Crippen LogP contribution in [-0.4, -0.2) is 91.3 Å². The van der Waals surface area contributed by atoms with Crippen LogP contribution in [-0.2, 0) is 59.5 Å². The first-order valence-corrected chi connectivity index (χ1v) is 43.6. The van der Waals surface area contributed by atoms with E-state index in [1.807, 2.05) is 102 Å². The van der Waals surface area contributed by atoms with E-state index in [0.29, 0.717) is 82.6 Å². The average Bonchev–Trinajstić information content (AvgIpc) is 1.34. The van der Waals surface area contributed by atoms with Gasteiger partial charge in [0.15, 0.2) is 23.3 Å². The lowest BCUT2D eigenvalue weighted by atomic mass is 10.0. The van der Waals surface area contributed by atoms with E-state index in [1.165, 1.54) is 75.2 Å². The largest absolute Gasteiger partial charge is 0.478 e. The molecule has 0 aliphatic carbocycles. The van der Waals surface area contributed by atoms with Crippen molar-refractivity contribution >= 4 is 222 Å². The van der Waals surface area contributed by atoms with Gasteiger partial charge < -0.3 is 36.5 Å². The summed E-state index contributed by atoms with van der Waals surface area (Å²) in [7, 11) is 0. The zero-order valence-electron chi connectivity index (χ0n) is 63.8. The Kier molecular flexibility index (Phi) is 41.3. The van der Waals surface area contributed by atoms with E-state index >= 15 is 0 Å². The Bertz CT molecular complexity index is 5410. The Hall–Kier alpha value is -6.94. The van der Waals surface area contributed by atoms with Gasteiger partial charge in [-0.3, -0.25) is 19.8 Å². The molecule has 610 valence electrons. The molecule has 0 bridgehead atoms. The number of carbonyl (C=O) groups excluding carboxylic acids is 2. The molecule has 0 saturated heterocycles. The number of aliphatic hydroxyl groups excluding tert-OH is 1. The summed E-state index contributed by atoms with van der Waals surface area (Å²) in [5.41, 5.74) is 23.9. The third kappa shape index (κ3) is 29.5. The maximum absolute atomic E-state index is 11.7. The van der Waals surface area contributed by atoms with Crippen LogP contribution in [0, 0.1) is 39.0 Å². The minimum Gasteiger partial charge on any atom is -0.478 e. The fourth-order valence-electron chi connectivity index (χ4n) is 10.8. The van der Waals surface area contributed by atoms with Gasteiger partial charge in [-0.15, -0.1) is 69.1 Å². The van der Waals surface area contributed by atoms with Gasteiger partial charge in [0, 0.05) is 65.8 Å². The summed E-state index contributed by atoms with van der Waals surface area (Å²) < 4.78 is 10.2. The Morgan fingerprint density at radius 3 is 1.28 bits per heavy atom. The number of nitrogens with one attached hydrogen (secondary N) is 2. The van der Waals surface area contributed by atoms with E-state index in [2.05, 4.69) is 97.6 Å². The zero-order valence-corrected chi connectivity index (χ0v) is 78.0. The predicted octanol–water partition coefficient (Wildman–Crippen LogP) is 23.8. The SMILES string of the molecule is CCOC(=O)C(CC)C(C)=O.CCc1c(C)nc(-c2ccc(Cl)s2)[nH]c1=O.CCc1c(C)nc(-c2ccc(Cl)s2)nc1Cc1ccc(Br)c(C(=O)O)c1.CCc1c(C)nc(-c2ccc(Cl)s2)nc1Cc1ccc(Br)c(CO)c1.CCc1c(C)nc(-c2ccc(Cl)s2)nc1Cl.Cl.N=C(N)c1ccc(Cl)s1.Nc1ccc(Br)c(C(=O)O)c1. The van der Waals surface area contributed by atoms with Crippen molar-refractivity contribution in [1.82, 2.24) is 39.9 Å². The molecule has 35 heteroatoms. The highest BCUT2D eigenvalue weighted by Gasteiger charge is 2.23. The number of nitrogens with zero attached hydrogens (tertiary/aromatic N) is 7. The Morgan fingerprint density at radius 2 is 0.922 bits per heavy atom. The third-order valence-corrected chi connectivity index (χ3v) is 25.1. The lowest BCUT2D eigenvalue weighted by molar-refractivity contribution is -0.151. The van der Waals surface area contributed by atoms with Crippen molar-refractivity contribution in [3.05, 3.63) is 255 Å². The molecule has 0 spiro atoms. The summed E-state index contributed by atoms with van der Waals surface area (Å²) in [4.78, 5) is 94.6. The van der Waals surface area contributed by atoms with Gasteiger partial charge in [-0.2, -0.15) is 0 Å². The Balaban J connectivity index is 0.000000247. The van der Waals surface area contributed by atoms with E-state index in [-0.39, 0.29) is 47.3 Å². The van der Waals surface area contributed by atoms with Crippen LogP contribution in [0.25, 0.3) is 42.8 Å². The molecule has 9 aromatic heterocycles. The highest BCUT2D eigenvalue weighted by Crippen LogP contribution is 2.35. The van der Waals surface area contributed by atoms with Gasteiger partial charge in [0.05, 0.1) is 81.8 Å². The molecule has 0 amide bonds. The number of anilines is 1. The summed E-state index contributed by atoms with van der Waals surface area (Å²) in [6.45, 7) is 21.3. The van der Waals surface area contributed by atoms with Crippen molar-refractivity contribution in [3.63, 3.8) is 0 Å². The van der Waals surface area contributed by atoms with Crippen LogP contribution in [0.2, 0.25) is 26.8 Å². The maximum atomic E-state index is 11.7. The van der Waals surface area contributed by atoms with Crippen LogP contribution in [0.3, 0.4) is 0 Å². The number of benzene rings is 3. The first-order chi connectivity index (χ1) is 54.1. The molecule has 20 nitrogen and oxygen atoms in total. The average molecular weight is 1990 g/mol. The summed E-state index contributed by atoms with van der Waals surface area (Å²) >= 11 is 52.5. The predicted molar refractivity (Wildman–Crippen MR) is 487 cm³/mol. The number of aromatic nitrogens is 8. The van der Waals surface area contributed by atoms with Crippen molar-refractivity contribution in [3.8, 4) is 42.8 Å². The normalized spacial score (nSPS) is 10.7. The van der Waals surface area contributed by atoms with Crippen LogP contribution in [0.15, 0.2) is 133 Å². The fraction of sp³-hybridized carbons (Fsp3) is 0.263. The number of thiophene rings is 5. The Labute approximate surface area is 748 Å². The Morgan fingerprint density at radius 1 is 0.522 bits per heavy atom. The van der Waals surface area contributed by atoms with E-state index in [9.17, 15) is 34.2 Å². The van der Waals surface area contributed by atoms with Crippen molar-refractivity contribution < 1.29 is 39.2 Å². The maximum Gasteiger partial charge on any atom is 0.336 e. The second kappa shape index (κ2) is 48.2. The molecule has 9 N–H and O–H groups in total. The number of aryl methyl sites for hydroxylation is 4. The number of carbonyl (C=O) groups is 4. The van der Waals surface area contributed by atoms with Crippen LogP contribution in [0.5, 0.6) is 0 Å². The van der Waals surface area contributed by atoms with Crippen LogP contribution in [0.4, 0.5) is 5.69 Å². The summed E-state index contributed by atoms with van der Waals surface area (Å²) in [6.07, 6.45) is 5.01. The third-order valence-electron chi connectivity index (χ3n) is 16.4. The smallest absolute Gasteiger partial charge is 0.336 e. The number of aromatic amines is 1. The quantitative estimate of drug-likeness (QED) is 0.00931. The molecule has 3 aromatic carbocycles. The summed E-state index contributed by atoms with van der Waals surface area (Å²) in [5, 5.41) is 34.9. The second-order valence-electron chi connectivity index (χ2n) is 24.3. The molecule has 12 aromatic rings. The molecular weight excluding hydrogens is 1910 g/mol. The van der Waals surface area contributed by atoms with E-state index in [1.54, 1.807) is 56.3 Å². The minimum atomic E-state index is -0.982. The number of nitrogen functional groups attached to an aromatic ring is 2. The topological polar surface area (TPSA) is 337 Å². The molecular formula is C80H81Br3Cl7N11O9S5. The molecule has 9 heterocycles. The summed E-state index contributed by atoms with van der Waals surface area (Å²) in [6, 6.07) is 34.5. The lowest BCUT2D eigenvalue weighted by Gasteiger charge is -2.13. The molecule has 0 fully saturated rings. The molecule has 1 unspecified atom stereocenters. The van der Waals surface area contributed by atoms with Crippen LogP contribution in [0.1, 0.15) is 154 Å². The number of ether oxygens (including phenoxy) is 1. The number of carboxylic acid groups (broad SMARTS) is 2. The minimum absolute atomic E-state index is 0. The molecule has 115 heavy (non-hydrogen) atoms. The van der Waals surface area contributed by atoms with Gasteiger partial charge in [-0.1, -0.05) is 138 Å². The number of ketones is 1. The van der Waals surface area contributed by atoms with E-state index in [4.69, 9.17) is 106 Å². The van der Waals surface area contributed by atoms with E-state index in [0.717, 1.165) is 130 Å². The highest BCUT2D eigenvalue weighted by atomic mass is 79.9. The first kappa shape index (κ1) is 98.6. The number of aliphatic hydroxyl groups is 1. The zero-order chi connectivity index (χ0) is 84.4. The van der Waals surface area contributed by atoms with Crippen molar-refractivity contribution in [2.75, 3.05) is 12.3 Å². The van der Waals surface area contributed by atoms with Gasteiger partial charge >= 0.3 is 17.9 Å². The van der Waals surface area contributed by atoms with E-state index < -0.39 is 23.8 Å². The second-order valence-corrected chi connectivity index (χ2v) is 35.8. The number of aromatic carboxylic acids is 2. The number of rotatable bonds is 20. The molecule has 0 radical (unpaired) electrons. The number of halogens is 10. The van der Waals surface area contributed by atoms with Gasteiger partial charge in [0.25, 0.3) is 5.56 Å². The first-order valence-electron chi connectivity index (χ1n) is 34.9. The number of H-pyrrole nitrogens is 1. The number of hydrogen-bond donors (Lipinski definition) is 7. The monoisotopic (exact) mass is 1980 g/mol. The number of Topliss-reactive ketones (excluding diaryl/α,β-unsaturated/α-hetero) is 1. The van der Waals surface area contributed by atoms with Crippen LogP contribution < -0.4 is 17.0 Å². The van der Waals surface area contributed by atoms with Gasteiger partial charge in [0.2, 0.25) is 0 Å². The number of amidine groups is 1. The molecule has 12 rings (SSSR count). The number of carboxylic acids is 2. The summed E-state index contributed by atoms with van der Waals surface area (Å²) in [5.74, 6) is -0.321. The highest BCUT2D eigenvalue weighted by molar-refractivity contribution is 9.11. The van der Waals surface area contributed by atoms with Crippen LogP contribution >= 0.6 is 186 Å². The van der Waals surface area contributed by atoms with Crippen molar-refractivity contribution in [2.45, 2.75) is 128 Å². The molecule has 0 aliphatic rings.